The van der Waals surface area contributed by atoms with E-state index in [1.54, 1.807) is 30.4 Å². The molecule has 0 bridgehead atoms. The summed E-state index contributed by atoms with van der Waals surface area (Å²) in [5.41, 5.74) is 4.84. The van der Waals surface area contributed by atoms with Gasteiger partial charge in [0.25, 0.3) is 0 Å². The van der Waals surface area contributed by atoms with Crippen molar-refractivity contribution < 1.29 is 14.6 Å². The maximum atomic E-state index is 12.2. The zero-order valence-electron chi connectivity index (χ0n) is 14.6. The second kappa shape index (κ2) is 6.72. The van der Waals surface area contributed by atoms with E-state index in [2.05, 4.69) is 4.98 Å². The van der Waals surface area contributed by atoms with Crippen molar-refractivity contribution in [3.05, 3.63) is 46.0 Å². The standard InChI is InChI=1S/C19H20N2O3S/c1-5-24-19(23)15-10(2)16(20-11(15)3)17-12(4)25-18(21-17)13-6-8-14(22)9-7-13/h6-9,20,22H,5H2,1-4H3. The molecule has 3 aromatic rings. The lowest BCUT2D eigenvalue weighted by atomic mass is 10.1. The largest absolute Gasteiger partial charge is 0.508 e. The van der Waals surface area contributed by atoms with E-state index in [0.717, 1.165) is 38.1 Å². The second-order valence-electron chi connectivity index (χ2n) is 5.82. The van der Waals surface area contributed by atoms with Crippen molar-refractivity contribution >= 4 is 17.3 Å². The fourth-order valence-electron chi connectivity index (χ4n) is 2.85. The average molecular weight is 356 g/mol. The number of benzene rings is 1. The number of hydrogen-bond donors (Lipinski definition) is 2. The van der Waals surface area contributed by atoms with Crippen molar-refractivity contribution in [2.24, 2.45) is 0 Å². The Bertz CT molecular complexity index is 923. The molecule has 6 heteroatoms. The molecular weight excluding hydrogens is 336 g/mol. The quantitative estimate of drug-likeness (QED) is 0.669. The molecular formula is C19H20N2O3S. The van der Waals surface area contributed by atoms with Crippen LogP contribution in [-0.4, -0.2) is 27.7 Å². The molecule has 2 heterocycles. The SMILES string of the molecule is CCOC(=O)c1c(C)[nH]c(-c2nc(-c3ccc(O)cc3)sc2C)c1C. The van der Waals surface area contributed by atoms with Gasteiger partial charge in [0.1, 0.15) is 16.5 Å². The minimum atomic E-state index is -0.313. The van der Waals surface area contributed by atoms with Crippen LogP contribution >= 0.6 is 11.3 Å². The third-order valence-electron chi connectivity index (χ3n) is 4.06. The summed E-state index contributed by atoms with van der Waals surface area (Å²) in [7, 11) is 0. The molecule has 3 rings (SSSR count). The highest BCUT2D eigenvalue weighted by Gasteiger charge is 2.23. The minimum Gasteiger partial charge on any atom is -0.508 e. The third-order valence-corrected chi connectivity index (χ3v) is 5.08. The van der Waals surface area contributed by atoms with Gasteiger partial charge in [0.05, 0.1) is 17.9 Å². The summed E-state index contributed by atoms with van der Waals surface area (Å²) in [5.74, 6) is -0.0844. The van der Waals surface area contributed by atoms with Gasteiger partial charge in [0, 0.05) is 16.1 Å². The Balaban J connectivity index is 2.05. The Morgan fingerprint density at radius 2 is 1.92 bits per heavy atom. The lowest BCUT2D eigenvalue weighted by molar-refractivity contribution is 0.0525. The molecule has 2 aromatic heterocycles. The Labute approximate surface area is 150 Å². The van der Waals surface area contributed by atoms with E-state index in [4.69, 9.17) is 9.72 Å². The molecule has 0 spiro atoms. The molecule has 0 aliphatic rings. The number of ether oxygens (including phenoxy) is 1. The number of phenols is 1. The van der Waals surface area contributed by atoms with Gasteiger partial charge in [0.15, 0.2) is 0 Å². The highest BCUT2D eigenvalue weighted by Crippen LogP contribution is 2.36. The van der Waals surface area contributed by atoms with Gasteiger partial charge in [-0.25, -0.2) is 9.78 Å². The number of rotatable bonds is 4. The van der Waals surface area contributed by atoms with Crippen molar-refractivity contribution in [1.29, 1.82) is 0 Å². The molecule has 0 fully saturated rings. The van der Waals surface area contributed by atoms with Crippen LogP contribution in [0.15, 0.2) is 24.3 Å². The van der Waals surface area contributed by atoms with Crippen molar-refractivity contribution in [3.63, 3.8) is 0 Å². The highest BCUT2D eigenvalue weighted by atomic mass is 32.1. The molecule has 0 aliphatic heterocycles. The van der Waals surface area contributed by atoms with Crippen LogP contribution in [-0.2, 0) is 4.74 Å². The topological polar surface area (TPSA) is 75.2 Å². The van der Waals surface area contributed by atoms with Crippen molar-refractivity contribution in [2.45, 2.75) is 27.7 Å². The summed E-state index contributed by atoms with van der Waals surface area (Å²) < 4.78 is 5.15. The first kappa shape index (κ1) is 17.2. The number of phenolic OH excluding ortho intramolecular Hbond substituents is 1. The molecule has 25 heavy (non-hydrogen) atoms. The van der Waals surface area contributed by atoms with Gasteiger partial charge in [-0.1, -0.05) is 0 Å². The molecule has 0 saturated carbocycles. The molecule has 0 unspecified atom stereocenters. The smallest absolute Gasteiger partial charge is 0.340 e. The number of nitrogens with zero attached hydrogens (tertiary/aromatic N) is 1. The van der Waals surface area contributed by atoms with E-state index in [0.29, 0.717) is 12.2 Å². The molecule has 130 valence electrons. The summed E-state index contributed by atoms with van der Waals surface area (Å²) in [6.45, 7) is 7.93. The van der Waals surface area contributed by atoms with Crippen LogP contribution in [0.25, 0.3) is 22.0 Å². The number of esters is 1. The molecule has 0 radical (unpaired) electrons. The Morgan fingerprint density at radius 3 is 2.56 bits per heavy atom. The fraction of sp³-hybridized carbons (Fsp3) is 0.263. The van der Waals surface area contributed by atoms with E-state index in [1.807, 2.05) is 32.9 Å². The van der Waals surface area contributed by atoms with Gasteiger partial charge in [0.2, 0.25) is 0 Å². The lowest BCUT2D eigenvalue weighted by Crippen LogP contribution is -2.06. The molecule has 0 saturated heterocycles. The average Bonchev–Trinajstić information content (AvgIpc) is 3.08. The van der Waals surface area contributed by atoms with Crippen LogP contribution in [0, 0.1) is 20.8 Å². The summed E-state index contributed by atoms with van der Waals surface area (Å²) in [6, 6.07) is 6.98. The first-order chi connectivity index (χ1) is 11.9. The number of aryl methyl sites for hydroxylation is 2. The highest BCUT2D eigenvalue weighted by molar-refractivity contribution is 7.15. The summed E-state index contributed by atoms with van der Waals surface area (Å²) >= 11 is 1.58. The fourth-order valence-corrected chi connectivity index (χ4v) is 3.78. The van der Waals surface area contributed by atoms with E-state index in [-0.39, 0.29) is 11.7 Å². The molecule has 0 atom stereocenters. The third kappa shape index (κ3) is 3.17. The monoisotopic (exact) mass is 356 g/mol. The van der Waals surface area contributed by atoms with Crippen molar-refractivity contribution in [3.8, 4) is 27.7 Å². The van der Waals surface area contributed by atoms with Crippen molar-refractivity contribution in [2.75, 3.05) is 6.61 Å². The van der Waals surface area contributed by atoms with Gasteiger partial charge in [-0.15, -0.1) is 11.3 Å². The lowest BCUT2D eigenvalue weighted by Gasteiger charge is -2.02. The normalized spacial score (nSPS) is 10.9. The number of aromatic nitrogens is 2. The number of aromatic hydroxyl groups is 1. The second-order valence-corrected chi connectivity index (χ2v) is 7.02. The zero-order chi connectivity index (χ0) is 18.1. The van der Waals surface area contributed by atoms with Gasteiger partial charge in [-0.2, -0.15) is 0 Å². The number of carbonyl (C=O) groups excluding carboxylic acids is 1. The molecule has 0 aliphatic carbocycles. The minimum absolute atomic E-state index is 0.229. The van der Waals surface area contributed by atoms with Gasteiger partial charge in [-0.05, 0) is 57.5 Å². The number of carbonyl (C=O) groups is 1. The predicted molar refractivity (Wildman–Crippen MR) is 99.2 cm³/mol. The first-order valence-electron chi connectivity index (χ1n) is 8.05. The number of aromatic amines is 1. The van der Waals surface area contributed by atoms with E-state index >= 15 is 0 Å². The molecule has 1 aromatic carbocycles. The van der Waals surface area contributed by atoms with Crippen LogP contribution in [0.3, 0.4) is 0 Å². The molecule has 2 N–H and O–H groups in total. The molecule has 5 nitrogen and oxygen atoms in total. The maximum absolute atomic E-state index is 12.2. The zero-order valence-corrected chi connectivity index (χ0v) is 15.5. The van der Waals surface area contributed by atoms with Gasteiger partial charge in [-0.3, -0.25) is 0 Å². The predicted octanol–water partition coefficient (Wildman–Crippen LogP) is 4.61. The number of nitrogens with one attached hydrogen (secondary N) is 1. The van der Waals surface area contributed by atoms with E-state index in [9.17, 15) is 9.90 Å². The Morgan fingerprint density at radius 1 is 1.24 bits per heavy atom. The Hall–Kier alpha value is -2.60. The van der Waals surface area contributed by atoms with E-state index in [1.165, 1.54) is 0 Å². The van der Waals surface area contributed by atoms with Gasteiger partial charge >= 0.3 is 5.97 Å². The maximum Gasteiger partial charge on any atom is 0.340 e. The van der Waals surface area contributed by atoms with E-state index < -0.39 is 0 Å². The molecule has 0 amide bonds. The number of hydrogen-bond acceptors (Lipinski definition) is 5. The summed E-state index contributed by atoms with van der Waals surface area (Å²) in [6.07, 6.45) is 0. The Kier molecular flexibility index (Phi) is 4.63. The van der Waals surface area contributed by atoms with Crippen LogP contribution < -0.4 is 0 Å². The van der Waals surface area contributed by atoms with Crippen LogP contribution in [0.4, 0.5) is 0 Å². The van der Waals surface area contributed by atoms with Crippen LogP contribution in [0.5, 0.6) is 5.75 Å². The number of H-pyrrole nitrogens is 1. The van der Waals surface area contributed by atoms with Crippen LogP contribution in [0.2, 0.25) is 0 Å². The summed E-state index contributed by atoms with van der Waals surface area (Å²) in [5, 5.41) is 10.3. The first-order valence-corrected chi connectivity index (χ1v) is 8.87. The number of thiazole rings is 1. The van der Waals surface area contributed by atoms with Crippen molar-refractivity contribution in [1.82, 2.24) is 9.97 Å². The van der Waals surface area contributed by atoms with Crippen LogP contribution in [0.1, 0.15) is 33.4 Å². The summed E-state index contributed by atoms with van der Waals surface area (Å²) in [4.78, 5) is 21.3. The van der Waals surface area contributed by atoms with Gasteiger partial charge < -0.3 is 14.8 Å².